The fraction of sp³-hybridized carbons (Fsp3) is 0.625. The molecule has 0 aliphatic carbocycles. The van der Waals surface area contributed by atoms with Gasteiger partial charge in [-0.3, -0.25) is 0 Å². The van der Waals surface area contributed by atoms with Crippen molar-refractivity contribution in [3.05, 3.63) is 11.8 Å². The Labute approximate surface area is 66.1 Å². The zero-order valence-electron chi connectivity index (χ0n) is 6.63. The molecule has 0 bridgehead atoms. The van der Waals surface area contributed by atoms with E-state index in [9.17, 15) is 4.79 Å². The second-order valence-corrected chi connectivity index (χ2v) is 2.81. The lowest BCUT2D eigenvalue weighted by Crippen LogP contribution is -2.28. The van der Waals surface area contributed by atoms with Crippen LogP contribution in [-0.4, -0.2) is 17.1 Å². The topological polar surface area (TPSA) is 49.3 Å². The van der Waals surface area contributed by atoms with Crippen LogP contribution in [0.5, 0.6) is 0 Å². The Morgan fingerprint density at radius 1 is 1.91 bits per heavy atom. The van der Waals surface area contributed by atoms with Gasteiger partial charge in [0.15, 0.2) is 0 Å². The third kappa shape index (κ3) is 1.97. The van der Waals surface area contributed by atoms with E-state index in [0.717, 1.165) is 12.8 Å². The molecule has 1 heterocycles. The Morgan fingerprint density at radius 3 is 3.09 bits per heavy atom. The van der Waals surface area contributed by atoms with Gasteiger partial charge in [0.2, 0.25) is 0 Å². The number of hydrogen-bond donors (Lipinski definition) is 2. The monoisotopic (exact) mass is 155 g/mol. The van der Waals surface area contributed by atoms with E-state index in [2.05, 4.69) is 12.2 Å². The van der Waals surface area contributed by atoms with Crippen molar-refractivity contribution >= 4 is 5.97 Å². The maximum absolute atomic E-state index is 10.5. The normalized spacial score (nSPS) is 22.6. The average molecular weight is 155 g/mol. The highest BCUT2D eigenvalue weighted by Crippen LogP contribution is 2.16. The predicted octanol–water partition coefficient (Wildman–Crippen LogP) is 1.12. The third-order valence-corrected chi connectivity index (χ3v) is 1.82. The lowest BCUT2D eigenvalue weighted by atomic mass is 10.1. The molecule has 0 radical (unpaired) electrons. The summed E-state index contributed by atoms with van der Waals surface area (Å²) in [5.41, 5.74) is 1.22. The van der Waals surface area contributed by atoms with Gasteiger partial charge in [0.05, 0.1) is 0 Å². The highest BCUT2D eigenvalue weighted by atomic mass is 16.4. The average Bonchev–Trinajstić information content (AvgIpc) is 2.37. The van der Waals surface area contributed by atoms with Crippen molar-refractivity contribution < 1.29 is 9.90 Å². The van der Waals surface area contributed by atoms with Gasteiger partial charge in [0.25, 0.3) is 0 Å². The summed E-state index contributed by atoms with van der Waals surface area (Å²) in [7, 11) is 0. The van der Waals surface area contributed by atoms with Crippen molar-refractivity contribution in [2.75, 3.05) is 0 Å². The standard InChI is InChI=1S/C8H13NO2/c1-2-3-6-4-7(8(10)11)9-5-6/h5,7,9H,2-4H2,1H3,(H,10,11)/t7-/m0/s1. The zero-order valence-corrected chi connectivity index (χ0v) is 6.63. The van der Waals surface area contributed by atoms with E-state index < -0.39 is 5.97 Å². The molecule has 1 atom stereocenters. The molecule has 62 valence electrons. The highest BCUT2D eigenvalue weighted by molar-refractivity contribution is 5.74. The molecule has 11 heavy (non-hydrogen) atoms. The molecule has 3 heteroatoms. The SMILES string of the molecule is CCCC1=CN[C@H](C(=O)O)C1. The fourth-order valence-corrected chi connectivity index (χ4v) is 1.25. The summed E-state index contributed by atoms with van der Waals surface area (Å²) >= 11 is 0. The molecule has 0 amide bonds. The maximum Gasteiger partial charge on any atom is 0.326 e. The summed E-state index contributed by atoms with van der Waals surface area (Å²) in [5, 5.41) is 11.4. The molecule has 3 nitrogen and oxygen atoms in total. The van der Waals surface area contributed by atoms with Crippen molar-refractivity contribution in [1.82, 2.24) is 5.32 Å². The molecule has 0 spiro atoms. The van der Waals surface area contributed by atoms with Crippen LogP contribution in [0.4, 0.5) is 0 Å². The smallest absolute Gasteiger partial charge is 0.326 e. The quantitative estimate of drug-likeness (QED) is 0.642. The van der Waals surface area contributed by atoms with Crippen LogP contribution in [-0.2, 0) is 4.79 Å². The Hall–Kier alpha value is -0.990. The summed E-state index contributed by atoms with van der Waals surface area (Å²) in [4.78, 5) is 10.5. The van der Waals surface area contributed by atoms with Gasteiger partial charge in [0.1, 0.15) is 6.04 Å². The minimum absolute atomic E-state index is 0.378. The number of carbonyl (C=O) groups is 1. The Kier molecular flexibility index (Phi) is 2.52. The molecule has 2 N–H and O–H groups in total. The van der Waals surface area contributed by atoms with Crippen molar-refractivity contribution in [3.8, 4) is 0 Å². The molecule has 0 saturated carbocycles. The van der Waals surface area contributed by atoms with Gasteiger partial charge in [-0.15, -0.1) is 0 Å². The number of nitrogens with one attached hydrogen (secondary N) is 1. The molecule has 0 unspecified atom stereocenters. The third-order valence-electron chi connectivity index (χ3n) is 1.82. The first-order chi connectivity index (χ1) is 5.24. The van der Waals surface area contributed by atoms with Gasteiger partial charge >= 0.3 is 5.97 Å². The first-order valence-corrected chi connectivity index (χ1v) is 3.90. The first-order valence-electron chi connectivity index (χ1n) is 3.90. The van der Waals surface area contributed by atoms with E-state index in [1.54, 1.807) is 0 Å². The molecule has 1 aliphatic rings. The molecular weight excluding hydrogens is 142 g/mol. The van der Waals surface area contributed by atoms with Gasteiger partial charge in [-0.2, -0.15) is 0 Å². The van der Waals surface area contributed by atoms with Crippen LogP contribution < -0.4 is 5.32 Å². The molecule has 0 aromatic rings. The number of carboxylic acid groups (broad SMARTS) is 1. The molecule has 1 rings (SSSR count). The second-order valence-electron chi connectivity index (χ2n) is 2.81. The molecule has 1 aliphatic heterocycles. The van der Waals surface area contributed by atoms with E-state index in [-0.39, 0.29) is 6.04 Å². The Bertz CT molecular complexity index is 187. The highest BCUT2D eigenvalue weighted by Gasteiger charge is 2.21. The first kappa shape index (κ1) is 8.11. The van der Waals surface area contributed by atoms with Crippen molar-refractivity contribution in [2.45, 2.75) is 32.2 Å². The minimum atomic E-state index is -0.757. The van der Waals surface area contributed by atoms with E-state index in [1.807, 2.05) is 6.20 Å². The summed E-state index contributed by atoms with van der Waals surface area (Å²) in [5.74, 6) is -0.757. The van der Waals surface area contributed by atoms with Crippen molar-refractivity contribution in [2.24, 2.45) is 0 Å². The van der Waals surface area contributed by atoms with Crippen molar-refractivity contribution in [3.63, 3.8) is 0 Å². The van der Waals surface area contributed by atoms with Gasteiger partial charge in [-0.25, -0.2) is 4.79 Å². The summed E-state index contributed by atoms with van der Waals surface area (Å²) < 4.78 is 0. The maximum atomic E-state index is 10.5. The van der Waals surface area contributed by atoms with Gasteiger partial charge in [0, 0.05) is 6.42 Å². The van der Waals surface area contributed by atoms with Crippen LogP contribution in [0.1, 0.15) is 26.2 Å². The van der Waals surface area contributed by atoms with E-state index in [4.69, 9.17) is 5.11 Å². The largest absolute Gasteiger partial charge is 0.480 e. The minimum Gasteiger partial charge on any atom is -0.480 e. The Balaban J connectivity index is 2.36. The summed E-state index contributed by atoms with van der Waals surface area (Å²) in [6.07, 6.45) is 4.60. The molecule has 0 aromatic carbocycles. The number of carboxylic acids is 1. The lowest BCUT2D eigenvalue weighted by molar-refractivity contribution is -0.138. The molecule has 0 aromatic heterocycles. The number of rotatable bonds is 3. The van der Waals surface area contributed by atoms with Crippen LogP contribution in [0.25, 0.3) is 0 Å². The van der Waals surface area contributed by atoms with Crippen LogP contribution in [0.15, 0.2) is 11.8 Å². The second kappa shape index (κ2) is 3.42. The van der Waals surface area contributed by atoms with E-state index in [0.29, 0.717) is 6.42 Å². The Morgan fingerprint density at radius 2 is 2.64 bits per heavy atom. The predicted molar refractivity (Wildman–Crippen MR) is 42.2 cm³/mol. The van der Waals surface area contributed by atoms with Gasteiger partial charge < -0.3 is 10.4 Å². The zero-order chi connectivity index (χ0) is 8.27. The number of aliphatic carboxylic acids is 1. The van der Waals surface area contributed by atoms with E-state index in [1.165, 1.54) is 5.57 Å². The van der Waals surface area contributed by atoms with Crippen LogP contribution in [0, 0.1) is 0 Å². The number of hydrogen-bond acceptors (Lipinski definition) is 2. The van der Waals surface area contributed by atoms with E-state index >= 15 is 0 Å². The summed E-state index contributed by atoms with van der Waals surface area (Å²) in [6.45, 7) is 2.09. The molecular formula is C8H13NO2. The fourth-order valence-electron chi connectivity index (χ4n) is 1.25. The van der Waals surface area contributed by atoms with Gasteiger partial charge in [-0.05, 0) is 12.6 Å². The molecule has 0 saturated heterocycles. The molecule has 0 fully saturated rings. The van der Waals surface area contributed by atoms with Crippen LogP contribution in [0.2, 0.25) is 0 Å². The van der Waals surface area contributed by atoms with Crippen LogP contribution in [0.3, 0.4) is 0 Å². The summed E-state index contributed by atoms with van der Waals surface area (Å²) in [6, 6.07) is -0.378. The van der Waals surface area contributed by atoms with Crippen molar-refractivity contribution in [1.29, 1.82) is 0 Å². The van der Waals surface area contributed by atoms with Crippen LogP contribution >= 0.6 is 0 Å². The van der Waals surface area contributed by atoms with Gasteiger partial charge in [-0.1, -0.05) is 18.9 Å². The lowest BCUT2D eigenvalue weighted by Gasteiger charge is -2.03.